The van der Waals surface area contributed by atoms with Crippen LogP contribution in [0.1, 0.15) is 18.9 Å². The van der Waals surface area contributed by atoms with Gasteiger partial charge in [-0.15, -0.1) is 0 Å². The fourth-order valence-corrected chi connectivity index (χ4v) is 4.21. The van der Waals surface area contributed by atoms with E-state index in [4.69, 9.17) is 5.73 Å². The minimum Gasteiger partial charge on any atom is -0.329 e. The average Bonchev–Trinajstić information content (AvgIpc) is 2.71. The number of rotatable bonds is 3. The van der Waals surface area contributed by atoms with Crippen molar-refractivity contribution in [3.05, 3.63) is 29.8 Å². The van der Waals surface area contributed by atoms with Crippen LogP contribution in [-0.2, 0) is 10.0 Å². The molecule has 2 rings (SSSR count). The summed E-state index contributed by atoms with van der Waals surface area (Å²) >= 11 is 0. The van der Waals surface area contributed by atoms with Crippen molar-refractivity contribution in [2.45, 2.75) is 31.2 Å². The van der Waals surface area contributed by atoms with Crippen molar-refractivity contribution in [3.63, 3.8) is 0 Å². The number of nitrogens with two attached hydrogens (primary N) is 1. The van der Waals surface area contributed by atoms with E-state index in [1.165, 1.54) is 0 Å². The summed E-state index contributed by atoms with van der Waals surface area (Å²) in [6.07, 6.45) is 0.882. The molecule has 0 saturated carbocycles. The van der Waals surface area contributed by atoms with Gasteiger partial charge in [-0.25, -0.2) is 8.42 Å². The number of hydrogen-bond donors (Lipinski definition) is 1. The second-order valence-electron chi connectivity index (χ2n) is 5.00. The van der Waals surface area contributed by atoms with E-state index in [0.29, 0.717) is 23.9 Å². The Morgan fingerprint density at radius 2 is 1.94 bits per heavy atom. The van der Waals surface area contributed by atoms with Crippen LogP contribution in [0.15, 0.2) is 29.2 Å². The lowest BCUT2D eigenvalue weighted by atomic mass is 10.0. The average molecular weight is 268 g/mol. The van der Waals surface area contributed by atoms with Crippen LogP contribution < -0.4 is 5.73 Å². The third kappa shape index (κ3) is 2.30. The zero-order chi connectivity index (χ0) is 13.3. The maximum Gasteiger partial charge on any atom is 0.243 e. The molecule has 2 atom stereocenters. The van der Waals surface area contributed by atoms with Crippen molar-refractivity contribution < 1.29 is 8.42 Å². The molecule has 1 fully saturated rings. The van der Waals surface area contributed by atoms with Crippen molar-refractivity contribution in [1.82, 2.24) is 4.31 Å². The van der Waals surface area contributed by atoms with Crippen molar-refractivity contribution in [2.24, 2.45) is 11.7 Å². The van der Waals surface area contributed by atoms with Gasteiger partial charge in [0.1, 0.15) is 0 Å². The summed E-state index contributed by atoms with van der Waals surface area (Å²) < 4.78 is 26.6. The Morgan fingerprint density at radius 3 is 2.50 bits per heavy atom. The summed E-state index contributed by atoms with van der Waals surface area (Å²) in [5.41, 5.74) is 6.76. The van der Waals surface area contributed by atoms with E-state index in [9.17, 15) is 8.42 Å². The molecule has 0 radical (unpaired) electrons. The Kier molecular flexibility index (Phi) is 3.75. The molecule has 1 heterocycles. The van der Waals surface area contributed by atoms with Crippen LogP contribution in [0.3, 0.4) is 0 Å². The van der Waals surface area contributed by atoms with Crippen LogP contribution in [0.5, 0.6) is 0 Å². The van der Waals surface area contributed by atoms with Gasteiger partial charge in [0.25, 0.3) is 0 Å². The molecule has 0 spiro atoms. The fraction of sp³-hybridized carbons (Fsp3) is 0.538. The number of hydrogen-bond acceptors (Lipinski definition) is 3. The number of nitrogens with zero attached hydrogens (tertiary/aromatic N) is 1. The van der Waals surface area contributed by atoms with Crippen LogP contribution in [0, 0.1) is 12.8 Å². The highest BCUT2D eigenvalue weighted by atomic mass is 32.2. The molecule has 4 nitrogen and oxygen atoms in total. The zero-order valence-electron chi connectivity index (χ0n) is 10.8. The van der Waals surface area contributed by atoms with Crippen molar-refractivity contribution >= 4 is 10.0 Å². The second kappa shape index (κ2) is 4.99. The number of sulfonamides is 1. The van der Waals surface area contributed by atoms with E-state index in [2.05, 4.69) is 6.92 Å². The van der Waals surface area contributed by atoms with Gasteiger partial charge < -0.3 is 5.73 Å². The Bertz CT molecular complexity index is 510. The summed E-state index contributed by atoms with van der Waals surface area (Å²) in [6, 6.07) is 6.91. The molecule has 1 saturated heterocycles. The molecule has 0 bridgehead atoms. The summed E-state index contributed by atoms with van der Waals surface area (Å²) in [6.45, 7) is 4.95. The standard InChI is InChI=1S/C13H20N2O2S/c1-10-3-5-12(6-4-10)18(16,17)15-8-7-11(2)13(15)9-14/h3-6,11,13H,7-9,14H2,1-2H3. The first-order chi connectivity index (χ1) is 8.46. The third-order valence-corrected chi connectivity index (χ3v) is 5.64. The van der Waals surface area contributed by atoms with Gasteiger partial charge in [0.2, 0.25) is 10.0 Å². The lowest BCUT2D eigenvalue weighted by Gasteiger charge is -2.25. The predicted octanol–water partition coefficient (Wildman–Crippen LogP) is 1.35. The van der Waals surface area contributed by atoms with Crippen molar-refractivity contribution in [2.75, 3.05) is 13.1 Å². The van der Waals surface area contributed by atoms with Gasteiger partial charge in [-0.2, -0.15) is 4.31 Å². The summed E-state index contributed by atoms with van der Waals surface area (Å²) in [4.78, 5) is 0.362. The van der Waals surface area contributed by atoms with Gasteiger partial charge in [-0.05, 0) is 31.4 Å². The molecule has 0 aromatic heterocycles. The molecular weight excluding hydrogens is 248 g/mol. The summed E-state index contributed by atoms with van der Waals surface area (Å²) in [5.74, 6) is 0.329. The largest absolute Gasteiger partial charge is 0.329 e. The van der Waals surface area contributed by atoms with E-state index < -0.39 is 10.0 Å². The molecule has 18 heavy (non-hydrogen) atoms. The molecule has 1 aromatic rings. The normalized spacial score (nSPS) is 25.5. The third-order valence-electron chi connectivity index (χ3n) is 3.70. The van der Waals surface area contributed by atoms with Gasteiger partial charge >= 0.3 is 0 Å². The maximum absolute atomic E-state index is 12.5. The van der Waals surface area contributed by atoms with Crippen LogP contribution in [0.2, 0.25) is 0 Å². The predicted molar refractivity (Wildman–Crippen MR) is 71.7 cm³/mol. The molecule has 0 aliphatic carbocycles. The highest BCUT2D eigenvalue weighted by molar-refractivity contribution is 7.89. The number of benzene rings is 1. The molecule has 5 heteroatoms. The second-order valence-corrected chi connectivity index (χ2v) is 6.89. The number of aryl methyl sites for hydroxylation is 1. The van der Waals surface area contributed by atoms with Gasteiger partial charge in [0.05, 0.1) is 4.90 Å². The summed E-state index contributed by atoms with van der Waals surface area (Å²) in [7, 11) is -3.40. The molecule has 1 aliphatic rings. The maximum atomic E-state index is 12.5. The van der Waals surface area contributed by atoms with Crippen LogP contribution in [-0.4, -0.2) is 31.9 Å². The summed E-state index contributed by atoms with van der Waals surface area (Å²) in [5, 5.41) is 0. The van der Waals surface area contributed by atoms with Crippen LogP contribution in [0.4, 0.5) is 0 Å². The fourth-order valence-electron chi connectivity index (χ4n) is 2.47. The van der Waals surface area contributed by atoms with Gasteiger partial charge in [0, 0.05) is 19.1 Å². The smallest absolute Gasteiger partial charge is 0.243 e. The highest BCUT2D eigenvalue weighted by Gasteiger charge is 2.38. The van der Waals surface area contributed by atoms with E-state index in [1.807, 2.05) is 19.1 Å². The van der Waals surface area contributed by atoms with E-state index in [-0.39, 0.29) is 6.04 Å². The van der Waals surface area contributed by atoms with E-state index in [0.717, 1.165) is 12.0 Å². The molecule has 1 aromatic carbocycles. The van der Waals surface area contributed by atoms with Crippen molar-refractivity contribution in [3.8, 4) is 0 Å². The SMILES string of the molecule is Cc1ccc(S(=O)(=O)N2CCC(C)C2CN)cc1. The minimum absolute atomic E-state index is 0.0729. The van der Waals surface area contributed by atoms with Crippen LogP contribution >= 0.6 is 0 Å². The Balaban J connectivity index is 2.34. The molecule has 2 N–H and O–H groups in total. The van der Waals surface area contributed by atoms with E-state index >= 15 is 0 Å². The van der Waals surface area contributed by atoms with Crippen LogP contribution in [0.25, 0.3) is 0 Å². The zero-order valence-corrected chi connectivity index (χ0v) is 11.7. The Labute approximate surface area is 109 Å². The van der Waals surface area contributed by atoms with Crippen molar-refractivity contribution in [1.29, 1.82) is 0 Å². The molecule has 2 unspecified atom stereocenters. The van der Waals surface area contributed by atoms with Gasteiger partial charge in [-0.1, -0.05) is 24.6 Å². The Hall–Kier alpha value is -0.910. The monoisotopic (exact) mass is 268 g/mol. The lowest BCUT2D eigenvalue weighted by Crippen LogP contribution is -2.42. The first-order valence-electron chi connectivity index (χ1n) is 6.25. The van der Waals surface area contributed by atoms with Gasteiger partial charge in [-0.3, -0.25) is 0 Å². The first-order valence-corrected chi connectivity index (χ1v) is 7.69. The quantitative estimate of drug-likeness (QED) is 0.900. The highest BCUT2D eigenvalue weighted by Crippen LogP contribution is 2.29. The molecular formula is C13H20N2O2S. The molecule has 1 aliphatic heterocycles. The Morgan fingerprint density at radius 1 is 1.33 bits per heavy atom. The minimum atomic E-state index is -3.40. The van der Waals surface area contributed by atoms with E-state index in [1.54, 1.807) is 16.4 Å². The van der Waals surface area contributed by atoms with Gasteiger partial charge in [0.15, 0.2) is 0 Å². The lowest BCUT2D eigenvalue weighted by molar-refractivity contribution is 0.354. The molecule has 100 valence electrons. The topological polar surface area (TPSA) is 63.4 Å². The first kappa shape index (κ1) is 13.5. The molecule has 0 amide bonds.